The molecule has 3 heterocycles. The lowest BCUT2D eigenvalue weighted by molar-refractivity contribution is -0.131. The van der Waals surface area contributed by atoms with Gasteiger partial charge in [-0.15, -0.1) is 0 Å². The van der Waals surface area contributed by atoms with E-state index in [1.165, 1.54) is 6.26 Å². The Labute approximate surface area is 156 Å². The minimum Gasteiger partial charge on any atom is -0.461 e. The number of benzene rings is 1. The van der Waals surface area contributed by atoms with Crippen LogP contribution in [0.2, 0.25) is 0 Å². The van der Waals surface area contributed by atoms with Crippen LogP contribution in [0.1, 0.15) is 16.1 Å². The number of carbonyl (C=O) groups is 2. The van der Waals surface area contributed by atoms with Crippen molar-refractivity contribution in [1.29, 1.82) is 0 Å². The van der Waals surface area contributed by atoms with Gasteiger partial charge in [0.05, 0.1) is 12.7 Å². The summed E-state index contributed by atoms with van der Waals surface area (Å²) in [5.41, 5.74) is 1.24. The number of hydrogen-bond donors (Lipinski definition) is 0. The number of carbonyl (C=O) groups excluding carboxylic acids is 2. The third-order valence-electron chi connectivity index (χ3n) is 4.61. The van der Waals surface area contributed by atoms with Crippen LogP contribution in [-0.4, -0.2) is 52.9 Å². The Bertz CT molecular complexity index is 910. The maximum absolute atomic E-state index is 12.6. The topological polar surface area (TPSA) is 79.8 Å². The van der Waals surface area contributed by atoms with Crippen LogP contribution in [0.4, 0.5) is 0 Å². The van der Waals surface area contributed by atoms with E-state index in [2.05, 4.69) is 5.16 Å². The van der Waals surface area contributed by atoms with Crippen LogP contribution in [0.3, 0.4) is 0 Å². The van der Waals surface area contributed by atoms with Gasteiger partial charge < -0.3 is 18.7 Å². The summed E-state index contributed by atoms with van der Waals surface area (Å²) in [5.74, 6) is 0.819. The highest BCUT2D eigenvalue weighted by atomic mass is 16.5. The molecule has 1 fully saturated rings. The molecule has 0 bridgehead atoms. The largest absolute Gasteiger partial charge is 0.461 e. The number of hydrogen-bond acceptors (Lipinski definition) is 5. The van der Waals surface area contributed by atoms with Gasteiger partial charge >= 0.3 is 0 Å². The number of amides is 2. The molecular weight excluding hydrogens is 346 g/mol. The first-order chi connectivity index (χ1) is 13.2. The van der Waals surface area contributed by atoms with Crippen LogP contribution in [-0.2, 0) is 11.2 Å². The Morgan fingerprint density at radius 3 is 2.37 bits per heavy atom. The number of rotatable bonds is 4. The predicted octanol–water partition coefficient (Wildman–Crippen LogP) is 2.46. The van der Waals surface area contributed by atoms with Gasteiger partial charge in [0.25, 0.3) is 5.91 Å². The molecule has 0 spiro atoms. The third-order valence-corrected chi connectivity index (χ3v) is 4.61. The summed E-state index contributed by atoms with van der Waals surface area (Å²) in [6, 6.07) is 14.7. The second-order valence-corrected chi connectivity index (χ2v) is 6.39. The van der Waals surface area contributed by atoms with Crippen molar-refractivity contribution in [3.63, 3.8) is 0 Å². The van der Waals surface area contributed by atoms with Gasteiger partial charge in [-0.25, -0.2) is 0 Å². The van der Waals surface area contributed by atoms with Gasteiger partial charge in [-0.3, -0.25) is 9.59 Å². The molecule has 0 N–H and O–H groups in total. The van der Waals surface area contributed by atoms with Crippen molar-refractivity contribution in [3.8, 4) is 11.5 Å². The minimum absolute atomic E-state index is 0.0786. The molecule has 1 aromatic carbocycles. The fraction of sp³-hybridized carbons (Fsp3) is 0.250. The Hall–Kier alpha value is -3.35. The Kier molecular flexibility index (Phi) is 4.74. The van der Waals surface area contributed by atoms with Crippen LogP contribution in [0.5, 0.6) is 0 Å². The molecule has 2 amide bonds. The van der Waals surface area contributed by atoms with Gasteiger partial charge in [-0.2, -0.15) is 0 Å². The smallest absolute Gasteiger partial charge is 0.276 e. The average Bonchev–Trinajstić information content (AvgIpc) is 3.40. The van der Waals surface area contributed by atoms with Gasteiger partial charge in [-0.1, -0.05) is 35.5 Å². The van der Waals surface area contributed by atoms with Crippen molar-refractivity contribution in [3.05, 3.63) is 66.1 Å². The molecule has 0 atom stereocenters. The highest BCUT2D eigenvalue weighted by Gasteiger charge is 2.27. The van der Waals surface area contributed by atoms with Gasteiger partial charge in [0.1, 0.15) is 0 Å². The summed E-state index contributed by atoms with van der Waals surface area (Å²) >= 11 is 0. The van der Waals surface area contributed by atoms with Crippen molar-refractivity contribution in [1.82, 2.24) is 15.0 Å². The van der Waals surface area contributed by atoms with Gasteiger partial charge in [0, 0.05) is 32.2 Å². The number of furan rings is 1. The maximum Gasteiger partial charge on any atom is 0.276 e. The molecule has 0 saturated carbocycles. The lowest BCUT2D eigenvalue weighted by atomic mass is 10.1. The number of aromatic nitrogens is 1. The number of nitrogens with zero attached hydrogens (tertiary/aromatic N) is 3. The Morgan fingerprint density at radius 1 is 0.926 bits per heavy atom. The third kappa shape index (κ3) is 3.76. The fourth-order valence-corrected chi connectivity index (χ4v) is 3.11. The lowest BCUT2D eigenvalue weighted by Crippen LogP contribution is -2.51. The number of piperazine rings is 1. The molecule has 1 aliphatic heterocycles. The standard InChI is InChI=1S/C20H19N3O4/c24-19(13-15-5-2-1-3-6-15)22-8-10-23(11-9-22)20(25)16-14-18(27-21-16)17-7-4-12-26-17/h1-7,12,14H,8-11,13H2. The second kappa shape index (κ2) is 7.49. The molecule has 2 aromatic heterocycles. The molecule has 1 aliphatic rings. The van der Waals surface area contributed by atoms with Gasteiger partial charge in [0.2, 0.25) is 11.7 Å². The molecule has 1 saturated heterocycles. The summed E-state index contributed by atoms with van der Waals surface area (Å²) < 4.78 is 10.4. The predicted molar refractivity (Wildman–Crippen MR) is 96.8 cm³/mol. The zero-order chi connectivity index (χ0) is 18.6. The summed E-state index contributed by atoms with van der Waals surface area (Å²) in [6.07, 6.45) is 1.91. The first-order valence-corrected chi connectivity index (χ1v) is 8.82. The lowest BCUT2D eigenvalue weighted by Gasteiger charge is -2.34. The molecule has 138 valence electrons. The maximum atomic E-state index is 12.6. The van der Waals surface area contributed by atoms with Crippen LogP contribution >= 0.6 is 0 Å². The molecule has 7 heteroatoms. The zero-order valence-electron chi connectivity index (χ0n) is 14.7. The highest BCUT2D eigenvalue weighted by Crippen LogP contribution is 2.21. The highest BCUT2D eigenvalue weighted by molar-refractivity contribution is 5.93. The van der Waals surface area contributed by atoms with E-state index in [1.807, 2.05) is 30.3 Å². The Balaban J connectivity index is 1.33. The van der Waals surface area contributed by atoms with Crippen molar-refractivity contribution in [2.75, 3.05) is 26.2 Å². The van der Waals surface area contributed by atoms with E-state index in [1.54, 1.807) is 28.0 Å². The summed E-state index contributed by atoms with van der Waals surface area (Å²) in [5, 5.41) is 3.85. The van der Waals surface area contributed by atoms with Crippen molar-refractivity contribution < 1.29 is 18.5 Å². The Morgan fingerprint density at radius 2 is 1.67 bits per heavy atom. The zero-order valence-corrected chi connectivity index (χ0v) is 14.7. The average molecular weight is 365 g/mol. The normalized spacial score (nSPS) is 14.4. The molecule has 4 rings (SSSR count). The van der Waals surface area contributed by atoms with Crippen molar-refractivity contribution in [2.45, 2.75) is 6.42 Å². The monoisotopic (exact) mass is 365 g/mol. The SMILES string of the molecule is O=C(Cc1ccccc1)N1CCN(C(=O)c2cc(-c3ccco3)on2)CC1. The summed E-state index contributed by atoms with van der Waals surface area (Å²) in [7, 11) is 0. The van der Waals surface area contributed by atoms with E-state index in [9.17, 15) is 9.59 Å². The second-order valence-electron chi connectivity index (χ2n) is 6.39. The molecule has 7 nitrogen and oxygen atoms in total. The summed E-state index contributed by atoms with van der Waals surface area (Å²) in [6.45, 7) is 1.98. The summed E-state index contributed by atoms with van der Waals surface area (Å²) in [4.78, 5) is 28.5. The van der Waals surface area contributed by atoms with Crippen molar-refractivity contribution in [2.24, 2.45) is 0 Å². The fourth-order valence-electron chi connectivity index (χ4n) is 3.11. The van der Waals surface area contributed by atoms with Crippen LogP contribution in [0.25, 0.3) is 11.5 Å². The van der Waals surface area contributed by atoms with E-state index in [-0.39, 0.29) is 17.5 Å². The first-order valence-electron chi connectivity index (χ1n) is 8.82. The van der Waals surface area contributed by atoms with Crippen LogP contribution in [0.15, 0.2) is 63.7 Å². The van der Waals surface area contributed by atoms with Gasteiger partial charge in [0.15, 0.2) is 11.5 Å². The molecule has 3 aromatic rings. The molecule has 0 unspecified atom stereocenters. The van der Waals surface area contributed by atoms with E-state index in [0.29, 0.717) is 44.1 Å². The molecule has 27 heavy (non-hydrogen) atoms. The first kappa shape index (κ1) is 17.1. The van der Waals surface area contributed by atoms with E-state index >= 15 is 0 Å². The molecular formula is C20H19N3O4. The quantitative estimate of drug-likeness (QED) is 0.710. The molecule has 0 radical (unpaired) electrons. The van der Waals surface area contributed by atoms with E-state index in [0.717, 1.165) is 5.56 Å². The van der Waals surface area contributed by atoms with E-state index < -0.39 is 0 Å². The van der Waals surface area contributed by atoms with Crippen molar-refractivity contribution >= 4 is 11.8 Å². The van der Waals surface area contributed by atoms with Gasteiger partial charge in [-0.05, 0) is 17.7 Å². The van der Waals surface area contributed by atoms with Crippen LogP contribution < -0.4 is 0 Å². The minimum atomic E-state index is -0.202. The van der Waals surface area contributed by atoms with E-state index in [4.69, 9.17) is 8.94 Å². The molecule has 0 aliphatic carbocycles. The van der Waals surface area contributed by atoms with Crippen LogP contribution in [0, 0.1) is 0 Å².